The van der Waals surface area contributed by atoms with E-state index in [1.54, 1.807) is 0 Å². The predicted octanol–water partition coefficient (Wildman–Crippen LogP) is 1.29. The van der Waals surface area contributed by atoms with Crippen molar-refractivity contribution in [2.75, 3.05) is 13.7 Å². The molecule has 0 N–H and O–H groups in total. The average molecular weight is 302 g/mol. The van der Waals surface area contributed by atoms with Crippen molar-refractivity contribution in [3.05, 3.63) is 42.2 Å². The Labute approximate surface area is 128 Å². The molecule has 0 atom stereocenters. The second-order valence-corrected chi connectivity index (χ2v) is 4.96. The summed E-state index contributed by atoms with van der Waals surface area (Å²) in [4.78, 5) is 26.7. The highest BCUT2D eigenvalue weighted by atomic mass is 16.5. The number of amides is 1. The van der Waals surface area contributed by atoms with Gasteiger partial charge in [0.05, 0.1) is 19.0 Å². The summed E-state index contributed by atoms with van der Waals surface area (Å²) < 4.78 is 4.62. The molecule has 0 aliphatic carbocycles. The molecule has 0 spiro atoms. The number of carbonyl (C=O) groups excluding carboxylic acids is 2. The van der Waals surface area contributed by atoms with Gasteiger partial charge in [-0.25, -0.2) is 0 Å². The van der Waals surface area contributed by atoms with E-state index in [1.807, 2.05) is 44.2 Å². The van der Waals surface area contributed by atoms with E-state index < -0.39 is 5.97 Å². The fourth-order valence-corrected chi connectivity index (χ4v) is 1.89. The predicted molar refractivity (Wildman–Crippen MR) is 79.5 cm³/mol. The molecule has 0 aliphatic heterocycles. The van der Waals surface area contributed by atoms with Crippen molar-refractivity contribution in [1.29, 1.82) is 0 Å². The first kappa shape index (κ1) is 15.7. The molecule has 0 radical (unpaired) electrons. The van der Waals surface area contributed by atoms with Gasteiger partial charge in [0.15, 0.2) is 5.69 Å². The number of rotatable bonds is 5. The Hall–Kier alpha value is -2.70. The molecule has 7 heteroatoms. The molecule has 22 heavy (non-hydrogen) atoms. The van der Waals surface area contributed by atoms with Crippen LogP contribution >= 0.6 is 0 Å². The first-order chi connectivity index (χ1) is 10.5. The van der Waals surface area contributed by atoms with Crippen molar-refractivity contribution in [3.63, 3.8) is 0 Å². The van der Waals surface area contributed by atoms with Gasteiger partial charge in [-0.1, -0.05) is 18.2 Å². The number of ether oxygens (including phenoxy) is 1. The van der Waals surface area contributed by atoms with Gasteiger partial charge in [-0.2, -0.15) is 9.90 Å². The summed E-state index contributed by atoms with van der Waals surface area (Å²) in [5.74, 6) is -0.833. The highest BCUT2D eigenvalue weighted by molar-refractivity contribution is 5.94. The Morgan fingerprint density at radius 1 is 1.27 bits per heavy atom. The van der Waals surface area contributed by atoms with Gasteiger partial charge in [0.2, 0.25) is 0 Å². The standard InChI is InChI=1S/C15H18N4O3/c1-11(2)18(10-14(20)22-3)15(21)13-9-16-19(17-13)12-7-5-4-6-8-12/h4-9,11H,10H2,1-3H3. The molecule has 1 amide bonds. The van der Waals surface area contributed by atoms with Gasteiger partial charge in [-0.3, -0.25) is 9.59 Å². The van der Waals surface area contributed by atoms with E-state index in [2.05, 4.69) is 14.9 Å². The van der Waals surface area contributed by atoms with Crippen molar-refractivity contribution in [2.45, 2.75) is 19.9 Å². The molecule has 0 unspecified atom stereocenters. The molecule has 0 aliphatic rings. The van der Waals surface area contributed by atoms with Crippen molar-refractivity contribution in [2.24, 2.45) is 0 Å². The van der Waals surface area contributed by atoms with E-state index in [4.69, 9.17) is 0 Å². The molecule has 0 saturated heterocycles. The van der Waals surface area contributed by atoms with Gasteiger partial charge in [-0.05, 0) is 26.0 Å². The summed E-state index contributed by atoms with van der Waals surface area (Å²) in [7, 11) is 1.29. The Kier molecular flexibility index (Phi) is 4.88. The average Bonchev–Trinajstić information content (AvgIpc) is 3.02. The van der Waals surface area contributed by atoms with Crippen LogP contribution in [0.15, 0.2) is 36.5 Å². The topological polar surface area (TPSA) is 77.3 Å². The lowest BCUT2D eigenvalue weighted by atomic mass is 10.3. The number of nitrogens with zero attached hydrogens (tertiary/aromatic N) is 4. The van der Waals surface area contributed by atoms with Gasteiger partial charge >= 0.3 is 5.97 Å². The van der Waals surface area contributed by atoms with Crippen molar-refractivity contribution in [1.82, 2.24) is 19.9 Å². The van der Waals surface area contributed by atoms with Crippen LogP contribution in [0.2, 0.25) is 0 Å². The van der Waals surface area contributed by atoms with E-state index in [9.17, 15) is 9.59 Å². The van der Waals surface area contributed by atoms with Crippen LogP contribution in [0.25, 0.3) is 5.69 Å². The molecular weight excluding hydrogens is 284 g/mol. The van der Waals surface area contributed by atoms with Crippen LogP contribution in [0.1, 0.15) is 24.3 Å². The van der Waals surface area contributed by atoms with Gasteiger partial charge in [0.25, 0.3) is 5.91 Å². The maximum Gasteiger partial charge on any atom is 0.325 e. The second kappa shape index (κ2) is 6.84. The van der Waals surface area contributed by atoms with E-state index >= 15 is 0 Å². The lowest BCUT2D eigenvalue weighted by molar-refractivity contribution is -0.141. The number of carbonyl (C=O) groups is 2. The zero-order valence-electron chi connectivity index (χ0n) is 12.8. The summed E-state index contributed by atoms with van der Waals surface area (Å²) in [6.07, 6.45) is 1.39. The number of benzene rings is 1. The first-order valence-corrected chi connectivity index (χ1v) is 6.88. The first-order valence-electron chi connectivity index (χ1n) is 6.88. The zero-order chi connectivity index (χ0) is 16.1. The highest BCUT2D eigenvalue weighted by Gasteiger charge is 2.24. The van der Waals surface area contributed by atoms with E-state index in [-0.39, 0.29) is 24.2 Å². The second-order valence-electron chi connectivity index (χ2n) is 4.96. The fraction of sp³-hybridized carbons (Fsp3) is 0.333. The number of hydrogen-bond donors (Lipinski definition) is 0. The number of aromatic nitrogens is 3. The van der Waals surface area contributed by atoms with Crippen LogP contribution in [-0.2, 0) is 9.53 Å². The van der Waals surface area contributed by atoms with Crippen LogP contribution in [0, 0.1) is 0 Å². The SMILES string of the molecule is COC(=O)CN(C(=O)c1cnn(-c2ccccc2)n1)C(C)C. The molecule has 2 rings (SSSR count). The smallest absolute Gasteiger partial charge is 0.325 e. The monoisotopic (exact) mass is 302 g/mol. The summed E-state index contributed by atoms with van der Waals surface area (Å²) in [6, 6.07) is 9.12. The number of esters is 1. The van der Waals surface area contributed by atoms with E-state index in [0.717, 1.165) is 5.69 Å². The minimum Gasteiger partial charge on any atom is -0.468 e. The molecule has 2 aromatic rings. The Morgan fingerprint density at radius 2 is 1.95 bits per heavy atom. The lowest BCUT2D eigenvalue weighted by Crippen LogP contribution is -2.41. The largest absolute Gasteiger partial charge is 0.468 e. The van der Waals surface area contributed by atoms with Crippen LogP contribution in [0.3, 0.4) is 0 Å². The van der Waals surface area contributed by atoms with Gasteiger partial charge < -0.3 is 9.64 Å². The minimum atomic E-state index is -0.475. The van der Waals surface area contributed by atoms with Crippen LogP contribution < -0.4 is 0 Å². The summed E-state index contributed by atoms with van der Waals surface area (Å²) in [5.41, 5.74) is 0.937. The molecule has 1 heterocycles. The third kappa shape index (κ3) is 3.49. The van der Waals surface area contributed by atoms with Gasteiger partial charge in [0, 0.05) is 6.04 Å². The van der Waals surface area contributed by atoms with Crippen LogP contribution in [0.4, 0.5) is 0 Å². The van der Waals surface area contributed by atoms with Gasteiger partial charge in [-0.15, -0.1) is 5.10 Å². The number of para-hydroxylation sites is 1. The highest BCUT2D eigenvalue weighted by Crippen LogP contribution is 2.09. The summed E-state index contributed by atoms with van der Waals surface area (Å²) in [5, 5.41) is 8.27. The molecule has 116 valence electrons. The van der Waals surface area contributed by atoms with Crippen LogP contribution in [0.5, 0.6) is 0 Å². The van der Waals surface area contributed by atoms with Crippen molar-refractivity contribution >= 4 is 11.9 Å². The minimum absolute atomic E-state index is 0.120. The normalized spacial score (nSPS) is 10.5. The summed E-state index contributed by atoms with van der Waals surface area (Å²) in [6.45, 7) is 3.52. The van der Waals surface area contributed by atoms with E-state index in [0.29, 0.717) is 0 Å². The molecular formula is C15H18N4O3. The molecule has 1 aromatic carbocycles. The molecule has 0 fully saturated rings. The Balaban J connectivity index is 2.21. The number of hydrogen-bond acceptors (Lipinski definition) is 5. The van der Waals surface area contributed by atoms with Crippen LogP contribution in [-0.4, -0.2) is 51.5 Å². The molecule has 0 saturated carbocycles. The van der Waals surface area contributed by atoms with E-state index in [1.165, 1.54) is 23.0 Å². The Morgan fingerprint density at radius 3 is 2.55 bits per heavy atom. The zero-order valence-corrected chi connectivity index (χ0v) is 12.8. The van der Waals surface area contributed by atoms with Gasteiger partial charge in [0.1, 0.15) is 6.54 Å². The number of methoxy groups -OCH3 is 1. The molecule has 0 bridgehead atoms. The quantitative estimate of drug-likeness (QED) is 0.778. The lowest BCUT2D eigenvalue weighted by Gasteiger charge is -2.24. The maximum absolute atomic E-state index is 12.5. The fourth-order valence-electron chi connectivity index (χ4n) is 1.89. The molecule has 7 nitrogen and oxygen atoms in total. The Bertz CT molecular complexity index is 652. The van der Waals surface area contributed by atoms with Crippen molar-refractivity contribution < 1.29 is 14.3 Å². The third-order valence-corrected chi connectivity index (χ3v) is 3.11. The third-order valence-electron chi connectivity index (χ3n) is 3.11. The molecule has 1 aromatic heterocycles. The summed E-state index contributed by atoms with van der Waals surface area (Å²) >= 11 is 0. The maximum atomic E-state index is 12.5. The van der Waals surface area contributed by atoms with Crippen molar-refractivity contribution in [3.8, 4) is 5.69 Å².